The average Bonchev–Trinajstić information content (AvgIpc) is 3.03. The summed E-state index contributed by atoms with van der Waals surface area (Å²) >= 11 is 1.85. The number of amides is 2. The van der Waals surface area contributed by atoms with Gasteiger partial charge in [0.25, 0.3) is 0 Å². The summed E-state index contributed by atoms with van der Waals surface area (Å²) in [5.41, 5.74) is 1.87. The number of benzene rings is 1. The molecule has 2 aromatic rings. The van der Waals surface area contributed by atoms with Crippen molar-refractivity contribution in [3.05, 3.63) is 35.9 Å². The van der Waals surface area contributed by atoms with Crippen LogP contribution in [0.25, 0.3) is 0 Å². The number of carbonyl (C=O) groups is 1. The highest BCUT2D eigenvalue weighted by atomic mass is 32.2. The van der Waals surface area contributed by atoms with Crippen molar-refractivity contribution >= 4 is 23.5 Å². The summed E-state index contributed by atoms with van der Waals surface area (Å²) in [6.07, 6.45) is 2.79. The number of carbonyl (C=O) groups excluding carboxylic acids is 1. The Morgan fingerprint density at radius 1 is 1.38 bits per heavy atom. The molecule has 1 atom stereocenters. The molecule has 0 radical (unpaired) electrons. The second-order valence-electron chi connectivity index (χ2n) is 5.65. The first-order valence-electron chi connectivity index (χ1n) is 8.22. The molecule has 1 aromatic carbocycles. The number of aromatic nitrogens is 3. The van der Waals surface area contributed by atoms with Gasteiger partial charge in [-0.2, -0.15) is 0 Å². The van der Waals surface area contributed by atoms with E-state index in [4.69, 9.17) is 0 Å². The topological polar surface area (TPSA) is 71.8 Å². The Balaban J connectivity index is 1.91. The third-order valence-electron chi connectivity index (χ3n) is 3.80. The van der Waals surface area contributed by atoms with Crippen molar-refractivity contribution in [3.63, 3.8) is 0 Å². The van der Waals surface area contributed by atoms with Crippen molar-refractivity contribution in [2.24, 2.45) is 0 Å². The first-order chi connectivity index (χ1) is 11.5. The van der Waals surface area contributed by atoms with Gasteiger partial charge in [-0.05, 0) is 44.0 Å². The predicted octanol–water partition coefficient (Wildman–Crippen LogP) is 3.82. The first-order valence-corrected chi connectivity index (χ1v) is 9.10. The summed E-state index contributed by atoms with van der Waals surface area (Å²) in [6, 6.07) is 5.87. The third kappa shape index (κ3) is 4.99. The van der Waals surface area contributed by atoms with E-state index in [0.717, 1.165) is 30.0 Å². The van der Waals surface area contributed by atoms with Crippen LogP contribution in [0, 0.1) is 6.92 Å². The van der Waals surface area contributed by atoms with Crippen molar-refractivity contribution in [3.8, 4) is 0 Å². The minimum atomic E-state index is -0.244. The zero-order valence-electron chi connectivity index (χ0n) is 14.7. The second-order valence-corrected chi connectivity index (χ2v) is 7.17. The van der Waals surface area contributed by atoms with Gasteiger partial charge >= 0.3 is 6.03 Å². The Labute approximate surface area is 147 Å². The van der Waals surface area contributed by atoms with E-state index in [1.165, 1.54) is 4.90 Å². The van der Waals surface area contributed by atoms with Crippen LogP contribution < -0.4 is 10.6 Å². The lowest BCUT2D eigenvalue weighted by Crippen LogP contribution is -2.29. The number of nitrogens with one attached hydrogen (secondary N) is 2. The lowest BCUT2D eigenvalue weighted by Gasteiger charge is -2.13. The molecule has 0 aliphatic rings. The highest BCUT2D eigenvalue weighted by Gasteiger charge is 2.09. The predicted molar refractivity (Wildman–Crippen MR) is 98.3 cm³/mol. The number of thioether (sulfide) groups is 1. The number of nitrogens with zero attached hydrogens (tertiary/aromatic N) is 3. The molecule has 7 heteroatoms. The van der Waals surface area contributed by atoms with E-state index in [1.54, 1.807) is 6.33 Å². The lowest BCUT2D eigenvalue weighted by molar-refractivity contribution is 0.251. The molecule has 0 saturated heterocycles. The van der Waals surface area contributed by atoms with Crippen molar-refractivity contribution in [2.45, 2.75) is 57.4 Å². The summed E-state index contributed by atoms with van der Waals surface area (Å²) in [4.78, 5) is 13.3. The highest BCUT2D eigenvalue weighted by molar-refractivity contribution is 7.99. The fraction of sp³-hybridized carbons (Fsp3) is 0.471. The molecule has 2 N–H and O–H groups in total. The molecule has 0 bridgehead atoms. The minimum Gasteiger partial charge on any atom is -0.331 e. The molecule has 0 unspecified atom stereocenters. The third-order valence-corrected chi connectivity index (χ3v) is 5.06. The van der Waals surface area contributed by atoms with Gasteiger partial charge in [-0.15, -0.1) is 22.0 Å². The summed E-state index contributed by atoms with van der Waals surface area (Å²) in [6.45, 7) is 9.54. The number of aryl methyl sites for hydroxylation is 2. The van der Waals surface area contributed by atoms with Gasteiger partial charge in [0.05, 0.1) is 6.54 Å². The molecule has 0 aliphatic heterocycles. The van der Waals surface area contributed by atoms with E-state index in [-0.39, 0.29) is 6.03 Å². The smallest absolute Gasteiger partial charge is 0.319 e. The number of hydrogen-bond acceptors (Lipinski definition) is 4. The van der Waals surface area contributed by atoms with Gasteiger partial charge in [0.15, 0.2) is 5.82 Å². The number of rotatable bonds is 7. The number of anilines is 1. The molecule has 0 saturated carbocycles. The maximum Gasteiger partial charge on any atom is 0.319 e. The van der Waals surface area contributed by atoms with Crippen molar-refractivity contribution in [1.82, 2.24) is 20.1 Å². The van der Waals surface area contributed by atoms with Crippen molar-refractivity contribution < 1.29 is 4.79 Å². The van der Waals surface area contributed by atoms with E-state index in [9.17, 15) is 4.79 Å². The maximum atomic E-state index is 12.1. The summed E-state index contributed by atoms with van der Waals surface area (Å²) < 4.78 is 1.90. The van der Waals surface area contributed by atoms with Gasteiger partial charge in [-0.1, -0.05) is 13.8 Å². The van der Waals surface area contributed by atoms with E-state index >= 15 is 0 Å². The zero-order valence-corrected chi connectivity index (χ0v) is 15.5. The van der Waals surface area contributed by atoms with Crippen LogP contribution in [0.4, 0.5) is 10.5 Å². The van der Waals surface area contributed by atoms with Gasteiger partial charge in [-0.3, -0.25) is 0 Å². The molecule has 0 aliphatic carbocycles. The normalized spacial score (nSPS) is 12.0. The Bertz CT molecular complexity index is 685. The molecular weight excluding hydrogens is 322 g/mol. The molecule has 2 amide bonds. The maximum absolute atomic E-state index is 12.1. The quantitative estimate of drug-likeness (QED) is 0.747. The Morgan fingerprint density at radius 3 is 2.83 bits per heavy atom. The molecule has 130 valence electrons. The zero-order chi connectivity index (χ0) is 17.5. The van der Waals surface area contributed by atoms with Crippen LogP contribution in [0.3, 0.4) is 0 Å². The standard InChI is InChI=1S/C17H25N5OS/c1-5-13(4)24-14-7-8-15(12(3)9-14)20-17(23)18-10-16-21-19-11-22(16)6-2/h7-9,11,13H,5-6,10H2,1-4H3,(H2,18,20,23)/t13-/m0/s1. The van der Waals surface area contributed by atoms with E-state index in [1.807, 2.05) is 42.3 Å². The molecule has 0 spiro atoms. The molecule has 24 heavy (non-hydrogen) atoms. The summed E-state index contributed by atoms with van der Waals surface area (Å²) in [5, 5.41) is 14.1. The Morgan fingerprint density at radius 2 is 2.17 bits per heavy atom. The SMILES string of the molecule is CC[C@H](C)Sc1ccc(NC(=O)NCc2nncn2CC)c(C)c1. The fourth-order valence-electron chi connectivity index (χ4n) is 2.17. The van der Waals surface area contributed by atoms with Crippen LogP contribution in [0.1, 0.15) is 38.6 Å². The van der Waals surface area contributed by atoms with Crippen molar-refractivity contribution in [2.75, 3.05) is 5.32 Å². The van der Waals surface area contributed by atoms with Gasteiger partial charge in [0, 0.05) is 22.4 Å². The minimum absolute atomic E-state index is 0.244. The largest absolute Gasteiger partial charge is 0.331 e. The molecule has 1 heterocycles. The summed E-state index contributed by atoms with van der Waals surface area (Å²) in [5.74, 6) is 0.740. The lowest BCUT2D eigenvalue weighted by atomic mass is 10.2. The van der Waals surface area contributed by atoms with E-state index in [2.05, 4.69) is 40.7 Å². The number of urea groups is 1. The van der Waals surface area contributed by atoms with Gasteiger partial charge in [0.2, 0.25) is 0 Å². The van der Waals surface area contributed by atoms with E-state index < -0.39 is 0 Å². The molecule has 0 fully saturated rings. The molecular formula is C17H25N5OS. The van der Waals surface area contributed by atoms with Crippen molar-refractivity contribution in [1.29, 1.82) is 0 Å². The molecule has 2 rings (SSSR count). The van der Waals surface area contributed by atoms with Crippen LogP contribution in [0.15, 0.2) is 29.4 Å². The van der Waals surface area contributed by atoms with Crippen LogP contribution in [0.2, 0.25) is 0 Å². The molecule has 6 nitrogen and oxygen atoms in total. The van der Waals surface area contributed by atoms with Gasteiger partial charge in [0.1, 0.15) is 6.33 Å². The van der Waals surface area contributed by atoms with Gasteiger partial charge < -0.3 is 15.2 Å². The van der Waals surface area contributed by atoms with Crippen LogP contribution in [0.5, 0.6) is 0 Å². The second kappa shape index (κ2) is 8.73. The summed E-state index contributed by atoms with van der Waals surface area (Å²) in [7, 11) is 0. The molecule has 1 aromatic heterocycles. The number of hydrogen-bond donors (Lipinski definition) is 2. The Hall–Kier alpha value is -2.02. The van der Waals surface area contributed by atoms with Gasteiger partial charge in [-0.25, -0.2) is 4.79 Å². The Kier molecular flexibility index (Phi) is 6.66. The highest BCUT2D eigenvalue weighted by Crippen LogP contribution is 2.28. The van der Waals surface area contributed by atoms with Crippen LogP contribution in [-0.4, -0.2) is 26.0 Å². The van der Waals surface area contributed by atoms with Crippen LogP contribution >= 0.6 is 11.8 Å². The first kappa shape index (κ1) is 18.3. The van der Waals surface area contributed by atoms with Crippen LogP contribution in [-0.2, 0) is 13.1 Å². The van der Waals surface area contributed by atoms with E-state index in [0.29, 0.717) is 11.8 Å². The fourth-order valence-corrected chi connectivity index (χ4v) is 3.19. The average molecular weight is 347 g/mol. The monoisotopic (exact) mass is 347 g/mol.